The second-order valence-electron chi connectivity index (χ2n) is 7.60. The van der Waals surface area contributed by atoms with E-state index in [1.807, 2.05) is 0 Å². The third kappa shape index (κ3) is 4.02. The molecule has 1 amide bonds. The van der Waals surface area contributed by atoms with Crippen LogP contribution in [0, 0.1) is 12.8 Å². The molecule has 3 aromatic rings. The zero-order valence-corrected chi connectivity index (χ0v) is 17.1. The molecule has 2 aromatic heterocycles. The Bertz CT molecular complexity index is 968. The number of rotatable bonds is 5. The van der Waals surface area contributed by atoms with Crippen molar-refractivity contribution in [2.24, 2.45) is 5.92 Å². The summed E-state index contributed by atoms with van der Waals surface area (Å²) in [5, 5.41) is 6.07. The normalized spacial score (nSPS) is 19.5. The van der Waals surface area contributed by atoms with Crippen LogP contribution in [-0.4, -0.2) is 28.5 Å². The molecule has 0 bridgehead atoms. The highest BCUT2D eigenvalue weighted by Crippen LogP contribution is 2.37. The topological polar surface area (TPSA) is 64.1 Å². The molecule has 1 aromatic carbocycles. The Balaban J connectivity index is 1.51. The number of aryl methyl sites for hydroxylation is 1. The number of hydrogen-bond acceptors (Lipinski definition) is 5. The lowest BCUT2D eigenvalue weighted by Gasteiger charge is -2.29. The summed E-state index contributed by atoms with van der Waals surface area (Å²) in [6.07, 6.45) is 6.15. The molecule has 0 spiro atoms. The van der Waals surface area contributed by atoms with Gasteiger partial charge in [0.1, 0.15) is 11.2 Å². The maximum atomic E-state index is 12.4. The van der Waals surface area contributed by atoms with Gasteiger partial charge in [-0.2, -0.15) is 0 Å². The number of fused-ring (bicyclic) bond motifs is 1. The lowest BCUT2D eigenvalue weighted by Crippen LogP contribution is -2.43. The number of hydrogen-bond donors (Lipinski definition) is 1. The molecule has 4 rings (SSSR count). The standard InChI is InChI=1S/C22H25N3O2S/c1-14-7-9-16(10-8-14)17-12-28-22-20(17)21(23-13-24-22)27-11-19(26)25-18-6-4-3-5-15(18)2/h7-10,12-13,15,18H,3-6,11H2,1-2H3,(H,25,26). The van der Waals surface area contributed by atoms with Crippen molar-refractivity contribution >= 4 is 27.5 Å². The van der Waals surface area contributed by atoms with Gasteiger partial charge in [0.2, 0.25) is 5.88 Å². The predicted octanol–water partition coefficient (Wildman–Crippen LogP) is 4.74. The monoisotopic (exact) mass is 395 g/mol. The van der Waals surface area contributed by atoms with Crippen LogP contribution < -0.4 is 10.1 Å². The minimum Gasteiger partial charge on any atom is -0.467 e. The highest BCUT2D eigenvalue weighted by atomic mass is 32.1. The SMILES string of the molecule is Cc1ccc(-c2csc3ncnc(OCC(=O)NC4CCCCC4C)c23)cc1. The van der Waals surface area contributed by atoms with Gasteiger partial charge in [0.25, 0.3) is 5.91 Å². The highest BCUT2D eigenvalue weighted by Gasteiger charge is 2.23. The molecule has 1 aliphatic rings. The van der Waals surface area contributed by atoms with Gasteiger partial charge in [0.05, 0.1) is 5.39 Å². The first-order valence-electron chi connectivity index (χ1n) is 9.83. The van der Waals surface area contributed by atoms with Gasteiger partial charge in [0.15, 0.2) is 6.61 Å². The molecule has 2 heterocycles. The van der Waals surface area contributed by atoms with Crippen molar-refractivity contribution in [1.82, 2.24) is 15.3 Å². The van der Waals surface area contributed by atoms with E-state index in [1.54, 1.807) is 11.3 Å². The molecular weight excluding hydrogens is 370 g/mol. The largest absolute Gasteiger partial charge is 0.467 e. The molecule has 1 saturated carbocycles. The molecule has 0 aliphatic heterocycles. The van der Waals surface area contributed by atoms with E-state index in [-0.39, 0.29) is 18.6 Å². The summed E-state index contributed by atoms with van der Waals surface area (Å²) in [5.74, 6) is 0.903. The van der Waals surface area contributed by atoms with Gasteiger partial charge in [-0.1, -0.05) is 49.6 Å². The van der Waals surface area contributed by atoms with Gasteiger partial charge < -0.3 is 10.1 Å². The van der Waals surface area contributed by atoms with Gasteiger partial charge in [0, 0.05) is 17.0 Å². The van der Waals surface area contributed by atoms with Crippen LogP contribution in [0.4, 0.5) is 0 Å². The summed E-state index contributed by atoms with van der Waals surface area (Å²) < 4.78 is 5.85. The Morgan fingerprint density at radius 1 is 1.21 bits per heavy atom. The molecule has 6 heteroatoms. The van der Waals surface area contributed by atoms with Gasteiger partial charge in [-0.3, -0.25) is 4.79 Å². The molecule has 0 radical (unpaired) electrons. The minimum atomic E-state index is -0.0855. The average Bonchev–Trinajstić information content (AvgIpc) is 3.13. The van der Waals surface area contributed by atoms with Crippen molar-refractivity contribution in [3.05, 3.63) is 41.5 Å². The Labute approximate surface area is 169 Å². The Morgan fingerprint density at radius 2 is 2.00 bits per heavy atom. The summed E-state index contributed by atoms with van der Waals surface area (Å²) in [6, 6.07) is 8.60. The van der Waals surface area contributed by atoms with Crippen molar-refractivity contribution in [2.45, 2.75) is 45.6 Å². The van der Waals surface area contributed by atoms with E-state index < -0.39 is 0 Å². The lowest BCUT2D eigenvalue weighted by molar-refractivity contribution is -0.124. The number of carbonyl (C=O) groups excluding carboxylic acids is 1. The quantitative estimate of drug-likeness (QED) is 0.678. The van der Waals surface area contributed by atoms with Crippen molar-refractivity contribution in [3.63, 3.8) is 0 Å². The Kier molecular flexibility index (Phi) is 5.57. The fourth-order valence-corrected chi connectivity index (χ4v) is 4.72. The van der Waals surface area contributed by atoms with Crippen molar-refractivity contribution in [2.75, 3.05) is 6.61 Å². The fourth-order valence-electron chi connectivity index (χ4n) is 3.82. The number of ether oxygens (including phenoxy) is 1. The Morgan fingerprint density at radius 3 is 2.79 bits per heavy atom. The number of benzene rings is 1. The molecule has 28 heavy (non-hydrogen) atoms. The summed E-state index contributed by atoms with van der Waals surface area (Å²) in [7, 11) is 0. The van der Waals surface area contributed by atoms with Crippen LogP contribution in [0.1, 0.15) is 38.2 Å². The first-order chi connectivity index (χ1) is 13.6. The van der Waals surface area contributed by atoms with Gasteiger partial charge in [-0.25, -0.2) is 9.97 Å². The van der Waals surface area contributed by atoms with E-state index in [1.165, 1.54) is 31.2 Å². The average molecular weight is 396 g/mol. The van der Waals surface area contributed by atoms with Crippen LogP contribution in [0.2, 0.25) is 0 Å². The summed E-state index contributed by atoms with van der Waals surface area (Å²) in [5.41, 5.74) is 3.35. The third-order valence-electron chi connectivity index (χ3n) is 5.50. The molecule has 5 nitrogen and oxygen atoms in total. The molecular formula is C22H25N3O2S. The van der Waals surface area contributed by atoms with Crippen LogP contribution in [-0.2, 0) is 4.79 Å². The first-order valence-corrected chi connectivity index (χ1v) is 10.7. The smallest absolute Gasteiger partial charge is 0.258 e. The van der Waals surface area contributed by atoms with Crippen molar-refractivity contribution in [1.29, 1.82) is 0 Å². The fraction of sp³-hybridized carbons (Fsp3) is 0.409. The molecule has 1 N–H and O–H groups in total. The van der Waals surface area contributed by atoms with Crippen LogP contribution in [0.5, 0.6) is 5.88 Å². The van der Waals surface area contributed by atoms with Gasteiger partial charge >= 0.3 is 0 Å². The minimum absolute atomic E-state index is 0.0292. The van der Waals surface area contributed by atoms with Crippen molar-refractivity contribution < 1.29 is 9.53 Å². The van der Waals surface area contributed by atoms with E-state index in [2.05, 4.69) is 58.8 Å². The number of nitrogens with zero attached hydrogens (tertiary/aromatic N) is 2. The molecule has 0 saturated heterocycles. The number of nitrogens with one attached hydrogen (secondary N) is 1. The van der Waals surface area contributed by atoms with Gasteiger partial charge in [-0.15, -0.1) is 11.3 Å². The van der Waals surface area contributed by atoms with E-state index in [9.17, 15) is 4.79 Å². The zero-order valence-electron chi connectivity index (χ0n) is 16.3. The summed E-state index contributed by atoms with van der Waals surface area (Å²) in [6.45, 7) is 4.25. The number of carbonyl (C=O) groups is 1. The highest BCUT2D eigenvalue weighted by molar-refractivity contribution is 7.17. The van der Waals surface area contributed by atoms with Gasteiger partial charge in [-0.05, 0) is 31.2 Å². The molecule has 1 aliphatic carbocycles. The van der Waals surface area contributed by atoms with Crippen LogP contribution >= 0.6 is 11.3 Å². The number of thiophene rings is 1. The van der Waals surface area contributed by atoms with E-state index >= 15 is 0 Å². The zero-order chi connectivity index (χ0) is 19.5. The van der Waals surface area contributed by atoms with E-state index in [4.69, 9.17) is 4.74 Å². The van der Waals surface area contributed by atoms with Crippen LogP contribution in [0.25, 0.3) is 21.3 Å². The second kappa shape index (κ2) is 8.27. The molecule has 1 fully saturated rings. The second-order valence-corrected chi connectivity index (χ2v) is 8.46. The molecule has 146 valence electrons. The van der Waals surface area contributed by atoms with E-state index in [0.717, 1.165) is 27.8 Å². The predicted molar refractivity (Wildman–Crippen MR) is 113 cm³/mol. The van der Waals surface area contributed by atoms with Crippen LogP contribution in [0.3, 0.4) is 0 Å². The maximum Gasteiger partial charge on any atom is 0.258 e. The summed E-state index contributed by atoms with van der Waals surface area (Å²) in [4.78, 5) is 22.0. The van der Waals surface area contributed by atoms with Crippen LogP contribution in [0.15, 0.2) is 36.0 Å². The van der Waals surface area contributed by atoms with E-state index in [0.29, 0.717) is 11.8 Å². The number of aromatic nitrogens is 2. The molecule has 2 unspecified atom stereocenters. The first kappa shape index (κ1) is 18.9. The molecule has 2 atom stereocenters. The number of amides is 1. The lowest BCUT2D eigenvalue weighted by atomic mass is 9.86. The third-order valence-corrected chi connectivity index (χ3v) is 6.38. The summed E-state index contributed by atoms with van der Waals surface area (Å²) >= 11 is 1.56. The van der Waals surface area contributed by atoms with Crippen molar-refractivity contribution in [3.8, 4) is 17.0 Å². The Hall–Kier alpha value is -2.47. The maximum absolute atomic E-state index is 12.4.